The summed E-state index contributed by atoms with van der Waals surface area (Å²) in [7, 11) is 0. The molecular formula is C9H13IO2. The lowest BCUT2D eigenvalue weighted by molar-refractivity contribution is -0.154. The second-order valence-corrected chi connectivity index (χ2v) is 6.52. The van der Waals surface area contributed by atoms with Gasteiger partial charge in [0.05, 0.1) is 5.41 Å². The summed E-state index contributed by atoms with van der Waals surface area (Å²) in [6, 6.07) is 0. The Morgan fingerprint density at radius 3 is 1.83 bits per heavy atom. The molecule has 3 heteroatoms. The van der Waals surface area contributed by atoms with Crippen molar-refractivity contribution in [1.82, 2.24) is 0 Å². The van der Waals surface area contributed by atoms with Gasteiger partial charge in [-0.05, 0) is 38.5 Å². The van der Waals surface area contributed by atoms with Gasteiger partial charge in [0.15, 0.2) is 0 Å². The number of halogens is 1. The van der Waals surface area contributed by atoms with E-state index in [0.29, 0.717) is 3.42 Å². The minimum atomic E-state index is -0.555. The molecule has 0 atom stereocenters. The van der Waals surface area contributed by atoms with E-state index in [1.807, 2.05) is 0 Å². The van der Waals surface area contributed by atoms with Gasteiger partial charge in [0.25, 0.3) is 0 Å². The van der Waals surface area contributed by atoms with E-state index in [2.05, 4.69) is 22.6 Å². The number of alkyl halides is 1. The van der Waals surface area contributed by atoms with Gasteiger partial charge >= 0.3 is 5.97 Å². The standard InChI is InChI=1S/C9H13IO2/c10-9-4-1-8(2-5-9,3-6-9)7(11)12/h1-6H2,(H,11,12). The molecule has 1 N–H and O–H groups in total. The smallest absolute Gasteiger partial charge is 0.309 e. The first-order valence-electron chi connectivity index (χ1n) is 4.49. The van der Waals surface area contributed by atoms with Crippen LogP contribution in [-0.4, -0.2) is 14.5 Å². The molecule has 3 aliphatic rings. The number of carboxylic acid groups (broad SMARTS) is 1. The zero-order valence-electron chi connectivity index (χ0n) is 6.98. The fraction of sp³-hybridized carbons (Fsp3) is 0.889. The first-order valence-corrected chi connectivity index (χ1v) is 5.57. The zero-order valence-corrected chi connectivity index (χ0v) is 9.13. The number of hydrogen-bond donors (Lipinski definition) is 1. The zero-order chi connectivity index (χ0) is 8.82. The average molecular weight is 280 g/mol. The molecule has 0 spiro atoms. The Hall–Kier alpha value is 0.200. The molecule has 0 aromatic rings. The van der Waals surface area contributed by atoms with E-state index in [1.165, 1.54) is 0 Å². The van der Waals surface area contributed by atoms with Crippen LogP contribution in [0.1, 0.15) is 38.5 Å². The van der Waals surface area contributed by atoms with E-state index in [0.717, 1.165) is 38.5 Å². The number of carbonyl (C=O) groups is 1. The lowest BCUT2D eigenvalue weighted by Crippen LogP contribution is -2.46. The number of rotatable bonds is 1. The van der Waals surface area contributed by atoms with E-state index in [4.69, 9.17) is 5.11 Å². The van der Waals surface area contributed by atoms with Crippen LogP contribution >= 0.6 is 22.6 Å². The summed E-state index contributed by atoms with van der Waals surface area (Å²) in [6.07, 6.45) is 6.06. The predicted molar refractivity (Wildman–Crippen MR) is 54.5 cm³/mol. The van der Waals surface area contributed by atoms with Gasteiger partial charge in [-0.1, -0.05) is 22.6 Å². The number of fused-ring (bicyclic) bond motifs is 3. The molecule has 0 heterocycles. The van der Waals surface area contributed by atoms with Crippen molar-refractivity contribution in [3.05, 3.63) is 0 Å². The SMILES string of the molecule is O=C(O)C12CCC(I)(CC1)CC2. The largest absolute Gasteiger partial charge is 0.481 e. The molecule has 2 bridgehead atoms. The minimum absolute atomic E-state index is 0.326. The molecular weight excluding hydrogens is 267 g/mol. The number of carboxylic acids is 1. The Morgan fingerprint density at radius 1 is 1.08 bits per heavy atom. The molecule has 0 aromatic heterocycles. The van der Waals surface area contributed by atoms with Crippen molar-refractivity contribution in [2.24, 2.45) is 5.41 Å². The van der Waals surface area contributed by atoms with Gasteiger partial charge in [-0.2, -0.15) is 0 Å². The van der Waals surface area contributed by atoms with Gasteiger partial charge in [-0.25, -0.2) is 0 Å². The van der Waals surface area contributed by atoms with Crippen LogP contribution in [0.5, 0.6) is 0 Å². The maximum Gasteiger partial charge on any atom is 0.309 e. The molecule has 0 radical (unpaired) electrons. The molecule has 3 rings (SSSR count). The molecule has 68 valence electrons. The van der Waals surface area contributed by atoms with Crippen molar-refractivity contribution in [3.63, 3.8) is 0 Å². The summed E-state index contributed by atoms with van der Waals surface area (Å²) in [5.74, 6) is -0.555. The summed E-state index contributed by atoms with van der Waals surface area (Å²) in [5, 5.41) is 9.09. The third kappa shape index (κ3) is 1.17. The predicted octanol–water partition coefficient (Wildman–Crippen LogP) is 2.60. The molecule has 12 heavy (non-hydrogen) atoms. The highest BCUT2D eigenvalue weighted by atomic mass is 127. The summed E-state index contributed by atoms with van der Waals surface area (Å²) >= 11 is 2.53. The Kier molecular flexibility index (Phi) is 1.90. The van der Waals surface area contributed by atoms with E-state index in [9.17, 15) is 4.79 Å². The molecule has 0 amide bonds. The van der Waals surface area contributed by atoms with Crippen molar-refractivity contribution in [2.45, 2.75) is 41.9 Å². The van der Waals surface area contributed by atoms with Gasteiger partial charge in [0.2, 0.25) is 0 Å². The minimum Gasteiger partial charge on any atom is -0.481 e. The second-order valence-electron chi connectivity index (χ2n) is 4.24. The van der Waals surface area contributed by atoms with Crippen LogP contribution in [-0.2, 0) is 4.79 Å². The third-order valence-corrected chi connectivity index (χ3v) is 5.23. The first-order chi connectivity index (χ1) is 5.56. The van der Waals surface area contributed by atoms with Crippen molar-refractivity contribution < 1.29 is 9.90 Å². The highest BCUT2D eigenvalue weighted by Gasteiger charge is 2.51. The van der Waals surface area contributed by atoms with Crippen molar-refractivity contribution >= 4 is 28.6 Å². The molecule has 0 unspecified atom stereocenters. The molecule has 0 saturated heterocycles. The summed E-state index contributed by atoms with van der Waals surface area (Å²) in [4.78, 5) is 11.0. The Bertz CT molecular complexity index is 200. The van der Waals surface area contributed by atoms with Crippen LogP contribution in [0, 0.1) is 5.41 Å². The second kappa shape index (κ2) is 2.59. The first kappa shape index (κ1) is 8.78. The highest BCUT2D eigenvalue weighted by molar-refractivity contribution is 14.1. The Morgan fingerprint density at radius 2 is 1.50 bits per heavy atom. The lowest BCUT2D eigenvalue weighted by Gasteiger charge is -2.48. The number of aliphatic carboxylic acids is 1. The lowest BCUT2D eigenvalue weighted by atomic mass is 9.61. The monoisotopic (exact) mass is 280 g/mol. The van der Waals surface area contributed by atoms with Crippen molar-refractivity contribution in [3.8, 4) is 0 Å². The van der Waals surface area contributed by atoms with Crippen LogP contribution in [0.4, 0.5) is 0 Å². The van der Waals surface area contributed by atoms with E-state index < -0.39 is 5.97 Å². The highest BCUT2D eigenvalue weighted by Crippen LogP contribution is 2.56. The van der Waals surface area contributed by atoms with Gasteiger partial charge in [0, 0.05) is 3.42 Å². The van der Waals surface area contributed by atoms with Crippen molar-refractivity contribution in [1.29, 1.82) is 0 Å². The summed E-state index contributed by atoms with van der Waals surface area (Å²) in [5.41, 5.74) is -0.326. The molecule has 3 fully saturated rings. The molecule has 3 aliphatic carbocycles. The van der Waals surface area contributed by atoms with Crippen LogP contribution < -0.4 is 0 Å². The van der Waals surface area contributed by atoms with Gasteiger partial charge in [-0.15, -0.1) is 0 Å². The molecule has 3 saturated carbocycles. The van der Waals surface area contributed by atoms with Crippen LogP contribution in [0.3, 0.4) is 0 Å². The Labute approximate surface area is 85.9 Å². The normalized spacial score (nSPS) is 46.1. The number of hydrogen-bond acceptors (Lipinski definition) is 1. The molecule has 0 aromatic carbocycles. The molecule has 0 aliphatic heterocycles. The van der Waals surface area contributed by atoms with E-state index >= 15 is 0 Å². The quantitative estimate of drug-likeness (QED) is 0.592. The maximum absolute atomic E-state index is 11.0. The fourth-order valence-electron chi connectivity index (χ4n) is 2.46. The van der Waals surface area contributed by atoms with Crippen molar-refractivity contribution in [2.75, 3.05) is 0 Å². The fourth-order valence-corrected chi connectivity index (χ4v) is 3.27. The summed E-state index contributed by atoms with van der Waals surface area (Å²) < 4.78 is 0.453. The van der Waals surface area contributed by atoms with Crippen LogP contribution in [0.2, 0.25) is 0 Å². The van der Waals surface area contributed by atoms with Crippen LogP contribution in [0.15, 0.2) is 0 Å². The van der Waals surface area contributed by atoms with Crippen LogP contribution in [0.25, 0.3) is 0 Å². The van der Waals surface area contributed by atoms with E-state index in [1.54, 1.807) is 0 Å². The van der Waals surface area contributed by atoms with E-state index in [-0.39, 0.29) is 5.41 Å². The van der Waals surface area contributed by atoms with Gasteiger partial charge < -0.3 is 5.11 Å². The average Bonchev–Trinajstić information content (AvgIpc) is 2.06. The summed E-state index contributed by atoms with van der Waals surface area (Å²) in [6.45, 7) is 0. The van der Waals surface area contributed by atoms with Gasteiger partial charge in [-0.3, -0.25) is 4.79 Å². The Balaban J connectivity index is 2.20. The third-order valence-electron chi connectivity index (χ3n) is 3.61. The maximum atomic E-state index is 11.0. The van der Waals surface area contributed by atoms with Gasteiger partial charge in [0.1, 0.15) is 0 Å². The molecule has 2 nitrogen and oxygen atoms in total. The topological polar surface area (TPSA) is 37.3 Å².